The summed E-state index contributed by atoms with van der Waals surface area (Å²) in [6.07, 6.45) is 10.1. The van der Waals surface area contributed by atoms with Gasteiger partial charge in [-0.25, -0.2) is 9.59 Å². The Balaban J connectivity index is 2.23. The molecule has 0 bridgehead atoms. The number of carbonyl (C=O) groups is 2. The van der Waals surface area contributed by atoms with Crippen molar-refractivity contribution in [3.63, 3.8) is 0 Å². The smallest absolute Gasteiger partial charge is 0.334 e. The Morgan fingerprint density at radius 1 is 1.17 bits per heavy atom. The van der Waals surface area contributed by atoms with Crippen LogP contribution in [-0.4, -0.2) is 23.1 Å². The van der Waals surface area contributed by atoms with E-state index in [2.05, 4.69) is 12.7 Å². The molecule has 2 rings (SSSR count). The standard InChI is InChI=1S/C20H26O4/c1-13-6-4-8-16(19(21)22)9-5-7-14(2)12-18-17(11-10-13)15(3)20(23)24-18/h6,9,12,17-18H,3-5,7-8,10-11H2,1-2H3,(H,21,22)/b13-6-,14-12+,16-9+. The van der Waals surface area contributed by atoms with E-state index in [9.17, 15) is 14.7 Å². The average Bonchev–Trinajstić information content (AvgIpc) is 2.77. The third-order valence-corrected chi connectivity index (χ3v) is 4.76. The third-order valence-electron chi connectivity index (χ3n) is 4.76. The van der Waals surface area contributed by atoms with E-state index in [0.29, 0.717) is 24.0 Å². The monoisotopic (exact) mass is 330 g/mol. The Morgan fingerprint density at radius 3 is 2.58 bits per heavy atom. The first kappa shape index (κ1) is 18.2. The van der Waals surface area contributed by atoms with Gasteiger partial charge in [0.05, 0.1) is 0 Å². The van der Waals surface area contributed by atoms with Gasteiger partial charge in [-0.15, -0.1) is 0 Å². The molecule has 1 aliphatic heterocycles. The molecule has 0 spiro atoms. The number of carboxylic acids is 1. The Bertz CT molecular complexity index is 622. The number of carbonyl (C=O) groups excluding carboxylic acids is 1. The molecule has 0 aromatic carbocycles. The summed E-state index contributed by atoms with van der Waals surface area (Å²) in [5, 5.41) is 9.29. The number of ether oxygens (including phenoxy) is 1. The van der Waals surface area contributed by atoms with Crippen LogP contribution in [0.3, 0.4) is 0 Å². The number of hydrogen-bond acceptors (Lipinski definition) is 3. The maximum absolute atomic E-state index is 11.8. The molecule has 1 saturated heterocycles. The van der Waals surface area contributed by atoms with Crippen LogP contribution in [0.15, 0.2) is 47.1 Å². The number of esters is 1. The lowest BCUT2D eigenvalue weighted by atomic mass is 9.89. The van der Waals surface area contributed by atoms with Crippen molar-refractivity contribution in [2.24, 2.45) is 5.92 Å². The highest BCUT2D eigenvalue weighted by Crippen LogP contribution is 2.33. The number of aliphatic carboxylic acids is 1. The van der Waals surface area contributed by atoms with Gasteiger partial charge in [0.25, 0.3) is 0 Å². The number of fused-ring (bicyclic) bond motifs is 1. The summed E-state index contributed by atoms with van der Waals surface area (Å²) in [6, 6.07) is 0. The average molecular weight is 330 g/mol. The van der Waals surface area contributed by atoms with E-state index in [1.165, 1.54) is 5.57 Å². The van der Waals surface area contributed by atoms with Gasteiger partial charge < -0.3 is 9.84 Å². The third kappa shape index (κ3) is 4.70. The molecule has 2 aliphatic rings. The van der Waals surface area contributed by atoms with E-state index in [-0.39, 0.29) is 18.0 Å². The summed E-state index contributed by atoms with van der Waals surface area (Å²) in [7, 11) is 0. The van der Waals surface area contributed by atoms with Crippen molar-refractivity contribution in [1.82, 2.24) is 0 Å². The van der Waals surface area contributed by atoms with Crippen molar-refractivity contribution in [2.75, 3.05) is 0 Å². The molecule has 0 saturated carbocycles. The number of carboxylic acid groups (broad SMARTS) is 1. The van der Waals surface area contributed by atoms with Gasteiger partial charge >= 0.3 is 11.9 Å². The topological polar surface area (TPSA) is 63.6 Å². The van der Waals surface area contributed by atoms with Gasteiger partial charge in [0.15, 0.2) is 0 Å². The zero-order valence-corrected chi connectivity index (χ0v) is 14.5. The number of hydrogen-bond donors (Lipinski definition) is 1. The first-order chi connectivity index (χ1) is 11.4. The normalized spacial score (nSPS) is 33.0. The second-order valence-corrected chi connectivity index (χ2v) is 6.72. The largest absolute Gasteiger partial charge is 0.478 e. The van der Waals surface area contributed by atoms with Crippen molar-refractivity contribution in [2.45, 2.75) is 58.5 Å². The molecular weight excluding hydrogens is 304 g/mol. The number of rotatable bonds is 1. The molecule has 0 radical (unpaired) electrons. The van der Waals surface area contributed by atoms with Crippen LogP contribution in [0.2, 0.25) is 0 Å². The van der Waals surface area contributed by atoms with Crippen LogP contribution < -0.4 is 0 Å². The van der Waals surface area contributed by atoms with Crippen LogP contribution in [0.25, 0.3) is 0 Å². The second-order valence-electron chi connectivity index (χ2n) is 6.72. The van der Waals surface area contributed by atoms with Crippen molar-refractivity contribution in [3.8, 4) is 0 Å². The Hall–Kier alpha value is -2.10. The molecule has 1 N–H and O–H groups in total. The van der Waals surface area contributed by atoms with Gasteiger partial charge in [0.1, 0.15) is 6.10 Å². The molecule has 1 aliphatic carbocycles. The van der Waals surface area contributed by atoms with Gasteiger partial charge in [-0.3, -0.25) is 0 Å². The molecule has 24 heavy (non-hydrogen) atoms. The highest BCUT2D eigenvalue weighted by atomic mass is 16.5. The van der Waals surface area contributed by atoms with E-state index in [0.717, 1.165) is 31.3 Å². The van der Waals surface area contributed by atoms with E-state index in [4.69, 9.17) is 4.74 Å². The fraction of sp³-hybridized carbons (Fsp3) is 0.500. The fourth-order valence-electron chi connectivity index (χ4n) is 3.21. The molecule has 2 atom stereocenters. The summed E-state index contributed by atoms with van der Waals surface area (Å²) >= 11 is 0. The van der Waals surface area contributed by atoms with Crippen molar-refractivity contribution in [1.29, 1.82) is 0 Å². The van der Waals surface area contributed by atoms with E-state index >= 15 is 0 Å². The SMILES string of the molecule is C=C1C(=O)OC2/C=C(\C)CC/C=C(/C(=O)O)CC/C=C(/C)CCC12. The summed E-state index contributed by atoms with van der Waals surface area (Å²) in [5.41, 5.74) is 3.36. The Labute approximate surface area is 143 Å². The second kappa shape index (κ2) is 8.13. The fourth-order valence-corrected chi connectivity index (χ4v) is 3.21. The van der Waals surface area contributed by atoms with Gasteiger partial charge in [-0.2, -0.15) is 0 Å². The van der Waals surface area contributed by atoms with Gasteiger partial charge in [0, 0.05) is 17.1 Å². The summed E-state index contributed by atoms with van der Waals surface area (Å²) in [6.45, 7) is 7.95. The maximum atomic E-state index is 11.8. The molecule has 130 valence electrons. The minimum atomic E-state index is -0.837. The summed E-state index contributed by atoms with van der Waals surface area (Å²) in [4.78, 5) is 23.2. The molecule has 1 heterocycles. The van der Waals surface area contributed by atoms with Crippen molar-refractivity contribution in [3.05, 3.63) is 47.1 Å². The quantitative estimate of drug-likeness (QED) is 0.441. The van der Waals surface area contributed by atoms with Gasteiger partial charge in [-0.1, -0.05) is 29.9 Å². The molecule has 1 fully saturated rings. The highest BCUT2D eigenvalue weighted by molar-refractivity contribution is 5.91. The maximum Gasteiger partial charge on any atom is 0.334 e. The minimum absolute atomic E-state index is 0.0314. The van der Waals surface area contributed by atoms with Gasteiger partial charge in [-0.05, 0) is 58.4 Å². The van der Waals surface area contributed by atoms with Crippen LogP contribution in [0.4, 0.5) is 0 Å². The molecule has 0 aromatic heterocycles. The highest BCUT2D eigenvalue weighted by Gasteiger charge is 2.36. The van der Waals surface area contributed by atoms with Gasteiger partial charge in [0.2, 0.25) is 0 Å². The molecule has 0 aromatic rings. The molecule has 0 amide bonds. The molecule has 2 unspecified atom stereocenters. The first-order valence-corrected chi connectivity index (χ1v) is 8.53. The number of allylic oxidation sites excluding steroid dienone is 4. The van der Waals surface area contributed by atoms with Crippen LogP contribution >= 0.6 is 0 Å². The molecule has 4 nitrogen and oxygen atoms in total. The van der Waals surface area contributed by atoms with Crippen molar-refractivity contribution < 1.29 is 19.4 Å². The lowest BCUT2D eigenvalue weighted by Crippen LogP contribution is -2.15. The van der Waals surface area contributed by atoms with E-state index < -0.39 is 5.97 Å². The Morgan fingerprint density at radius 2 is 1.88 bits per heavy atom. The molecule has 4 heteroatoms. The first-order valence-electron chi connectivity index (χ1n) is 8.53. The van der Waals surface area contributed by atoms with E-state index in [1.807, 2.05) is 26.0 Å². The molecular formula is C20H26O4. The Kier molecular flexibility index (Phi) is 6.18. The lowest BCUT2D eigenvalue weighted by molar-refractivity contribution is -0.137. The van der Waals surface area contributed by atoms with Crippen LogP contribution in [0.5, 0.6) is 0 Å². The lowest BCUT2D eigenvalue weighted by Gasteiger charge is -2.16. The van der Waals surface area contributed by atoms with Crippen molar-refractivity contribution >= 4 is 11.9 Å². The van der Waals surface area contributed by atoms with Crippen LogP contribution in [-0.2, 0) is 14.3 Å². The predicted molar refractivity (Wildman–Crippen MR) is 93.4 cm³/mol. The zero-order chi connectivity index (χ0) is 17.7. The van der Waals surface area contributed by atoms with Crippen LogP contribution in [0.1, 0.15) is 52.4 Å². The minimum Gasteiger partial charge on any atom is -0.478 e. The summed E-state index contributed by atoms with van der Waals surface area (Å²) < 4.78 is 5.46. The van der Waals surface area contributed by atoms with E-state index in [1.54, 1.807) is 0 Å². The van der Waals surface area contributed by atoms with Crippen LogP contribution in [0, 0.1) is 5.92 Å². The predicted octanol–water partition coefficient (Wildman–Crippen LogP) is 4.34. The zero-order valence-electron chi connectivity index (χ0n) is 14.5. The summed E-state index contributed by atoms with van der Waals surface area (Å²) in [5.74, 6) is -1.10.